The van der Waals surface area contributed by atoms with Gasteiger partial charge in [0.25, 0.3) is 5.91 Å². The van der Waals surface area contributed by atoms with Crippen molar-refractivity contribution in [1.82, 2.24) is 0 Å². The monoisotopic (exact) mass is 445 g/mol. The van der Waals surface area contributed by atoms with E-state index in [0.717, 1.165) is 4.47 Å². The van der Waals surface area contributed by atoms with Crippen LogP contribution in [0.15, 0.2) is 39.3 Å². The first-order valence-electron chi connectivity index (χ1n) is 6.40. The molecule has 3 rings (SSSR count). The second-order valence-electron chi connectivity index (χ2n) is 4.55. The molecule has 114 valence electrons. The fraction of sp³-hybridized carbons (Fsp3) is 0.133. The highest BCUT2D eigenvalue weighted by Crippen LogP contribution is 2.38. The van der Waals surface area contributed by atoms with Crippen molar-refractivity contribution in [2.24, 2.45) is 0 Å². The average Bonchev–Trinajstić information content (AvgIpc) is 2.50. The fourth-order valence-electron chi connectivity index (χ4n) is 2.02. The van der Waals surface area contributed by atoms with E-state index in [1.54, 1.807) is 30.3 Å². The summed E-state index contributed by atoms with van der Waals surface area (Å²) in [5, 5.41) is 3.20. The lowest BCUT2D eigenvalue weighted by Crippen LogP contribution is -2.17. The van der Waals surface area contributed by atoms with Crippen molar-refractivity contribution < 1.29 is 14.3 Å². The van der Waals surface area contributed by atoms with Crippen molar-refractivity contribution in [1.29, 1.82) is 0 Å². The van der Waals surface area contributed by atoms with Crippen molar-refractivity contribution in [3.63, 3.8) is 0 Å². The van der Waals surface area contributed by atoms with Gasteiger partial charge in [0.2, 0.25) is 0 Å². The first-order chi connectivity index (χ1) is 10.5. The topological polar surface area (TPSA) is 47.6 Å². The molecule has 0 unspecified atom stereocenters. The second-order valence-corrected chi connectivity index (χ2v) is 6.73. The molecule has 2 aromatic carbocycles. The number of benzene rings is 2. The largest absolute Gasteiger partial charge is 0.486 e. The third-order valence-electron chi connectivity index (χ3n) is 3.05. The number of carbonyl (C=O) groups excluding carboxylic acids is 1. The van der Waals surface area contributed by atoms with Crippen LogP contribution in [-0.2, 0) is 0 Å². The van der Waals surface area contributed by atoms with Gasteiger partial charge in [-0.15, -0.1) is 0 Å². The van der Waals surface area contributed by atoms with Crippen LogP contribution < -0.4 is 14.8 Å². The molecule has 1 aliphatic heterocycles. The van der Waals surface area contributed by atoms with Gasteiger partial charge >= 0.3 is 0 Å². The smallest absolute Gasteiger partial charge is 0.257 e. The molecular weight excluding hydrogens is 437 g/mol. The summed E-state index contributed by atoms with van der Waals surface area (Å²) < 4.78 is 12.5. The number of halogens is 3. The van der Waals surface area contributed by atoms with Gasteiger partial charge in [-0.25, -0.2) is 0 Å². The van der Waals surface area contributed by atoms with E-state index in [1.165, 1.54) is 0 Å². The number of nitrogens with one attached hydrogen (secondary N) is 1. The van der Waals surface area contributed by atoms with Crippen molar-refractivity contribution in [3.8, 4) is 11.5 Å². The van der Waals surface area contributed by atoms with Crippen LogP contribution in [0, 0.1) is 0 Å². The van der Waals surface area contributed by atoms with Gasteiger partial charge in [-0.05, 0) is 34.1 Å². The van der Waals surface area contributed by atoms with E-state index in [0.29, 0.717) is 45.5 Å². The van der Waals surface area contributed by atoms with Crippen LogP contribution in [0.2, 0.25) is 5.02 Å². The molecule has 0 fully saturated rings. The highest BCUT2D eigenvalue weighted by Gasteiger charge is 2.18. The molecule has 1 amide bonds. The molecule has 2 aromatic rings. The lowest BCUT2D eigenvalue weighted by Gasteiger charge is -2.20. The molecule has 7 heteroatoms. The lowest BCUT2D eigenvalue weighted by molar-refractivity contribution is 0.102. The summed E-state index contributed by atoms with van der Waals surface area (Å²) in [5.74, 6) is 0.949. The first-order valence-corrected chi connectivity index (χ1v) is 8.36. The number of carbonyl (C=O) groups is 1. The molecule has 0 atom stereocenters. The van der Waals surface area contributed by atoms with E-state index in [2.05, 4.69) is 37.2 Å². The first kappa shape index (κ1) is 15.6. The third-order valence-corrected chi connectivity index (χ3v) is 4.53. The molecule has 0 bridgehead atoms. The van der Waals surface area contributed by atoms with Gasteiger partial charge in [-0.3, -0.25) is 4.79 Å². The van der Waals surface area contributed by atoms with Crippen LogP contribution in [0.4, 0.5) is 5.69 Å². The average molecular weight is 448 g/mol. The Morgan fingerprint density at radius 3 is 2.50 bits per heavy atom. The van der Waals surface area contributed by atoms with Gasteiger partial charge in [-0.1, -0.05) is 27.5 Å². The second kappa shape index (κ2) is 6.48. The summed E-state index contributed by atoms with van der Waals surface area (Å²) in [6.45, 7) is 0.998. The molecule has 0 radical (unpaired) electrons. The van der Waals surface area contributed by atoms with E-state index in [9.17, 15) is 4.79 Å². The van der Waals surface area contributed by atoms with Gasteiger partial charge in [0.1, 0.15) is 13.2 Å². The summed E-state index contributed by atoms with van der Waals surface area (Å²) in [5.41, 5.74) is 0.975. The van der Waals surface area contributed by atoms with E-state index in [4.69, 9.17) is 21.1 Å². The minimum Gasteiger partial charge on any atom is -0.486 e. The predicted molar refractivity (Wildman–Crippen MR) is 92.2 cm³/mol. The Hall–Kier alpha value is -1.24. The SMILES string of the molecule is O=C(Nc1cc2c(cc1Br)OCCO2)c1cc(Br)ccc1Cl. The van der Waals surface area contributed by atoms with Gasteiger partial charge in [-0.2, -0.15) is 0 Å². The molecular formula is C15H10Br2ClNO3. The highest BCUT2D eigenvalue weighted by atomic mass is 79.9. The highest BCUT2D eigenvalue weighted by molar-refractivity contribution is 9.10. The summed E-state index contributed by atoms with van der Waals surface area (Å²) >= 11 is 12.8. The number of hydrogen-bond acceptors (Lipinski definition) is 3. The molecule has 0 saturated carbocycles. The summed E-state index contributed by atoms with van der Waals surface area (Å²) in [6.07, 6.45) is 0. The molecule has 22 heavy (non-hydrogen) atoms. The van der Waals surface area contributed by atoms with E-state index in [-0.39, 0.29) is 5.91 Å². The van der Waals surface area contributed by atoms with Gasteiger partial charge in [0.15, 0.2) is 11.5 Å². The zero-order chi connectivity index (χ0) is 15.7. The number of ether oxygens (including phenoxy) is 2. The Bertz CT molecular complexity index is 752. The minimum absolute atomic E-state index is 0.302. The number of hydrogen-bond donors (Lipinski definition) is 1. The molecule has 1 heterocycles. The fourth-order valence-corrected chi connectivity index (χ4v) is 3.01. The van der Waals surface area contributed by atoms with Crippen molar-refractivity contribution >= 4 is 55.1 Å². The summed E-state index contributed by atoms with van der Waals surface area (Å²) in [4.78, 5) is 12.4. The number of rotatable bonds is 2. The zero-order valence-corrected chi connectivity index (χ0v) is 15.1. The Kier molecular flexibility index (Phi) is 4.61. The quantitative estimate of drug-likeness (QED) is 0.713. The van der Waals surface area contributed by atoms with Crippen molar-refractivity contribution in [3.05, 3.63) is 49.9 Å². The minimum atomic E-state index is -0.302. The maximum absolute atomic E-state index is 12.4. The summed E-state index contributed by atoms with van der Waals surface area (Å²) in [7, 11) is 0. The van der Waals surface area contributed by atoms with Gasteiger partial charge < -0.3 is 14.8 Å². The third kappa shape index (κ3) is 3.24. The van der Waals surface area contributed by atoms with Crippen LogP contribution in [0.25, 0.3) is 0 Å². The lowest BCUT2D eigenvalue weighted by atomic mass is 10.2. The number of anilines is 1. The van der Waals surface area contributed by atoms with Crippen molar-refractivity contribution in [2.45, 2.75) is 0 Å². The predicted octanol–water partition coefficient (Wildman–Crippen LogP) is 4.89. The molecule has 1 aliphatic rings. The molecule has 4 nitrogen and oxygen atoms in total. The van der Waals surface area contributed by atoms with Crippen molar-refractivity contribution in [2.75, 3.05) is 18.5 Å². The van der Waals surface area contributed by atoms with Crippen LogP contribution in [0.3, 0.4) is 0 Å². The van der Waals surface area contributed by atoms with Gasteiger partial charge in [0, 0.05) is 21.1 Å². The van der Waals surface area contributed by atoms with E-state index in [1.807, 2.05) is 0 Å². The number of amides is 1. The normalized spacial score (nSPS) is 12.9. The standard InChI is InChI=1S/C15H10Br2ClNO3/c16-8-1-2-11(18)9(5-8)15(20)19-12-7-14-13(6-10(12)17)21-3-4-22-14/h1-2,5-7H,3-4H2,(H,19,20). The molecule has 0 spiro atoms. The van der Waals surface area contributed by atoms with E-state index >= 15 is 0 Å². The molecule has 1 N–H and O–H groups in total. The van der Waals surface area contributed by atoms with Crippen LogP contribution in [-0.4, -0.2) is 19.1 Å². The molecule has 0 saturated heterocycles. The maximum Gasteiger partial charge on any atom is 0.257 e. The van der Waals surface area contributed by atoms with Crippen LogP contribution in [0.1, 0.15) is 10.4 Å². The zero-order valence-electron chi connectivity index (χ0n) is 11.2. The van der Waals surface area contributed by atoms with Gasteiger partial charge in [0.05, 0.1) is 16.3 Å². The Balaban J connectivity index is 1.89. The Morgan fingerprint density at radius 2 is 1.77 bits per heavy atom. The van der Waals surface area contributed by atoms with E-state index < -0.39 is 0 Å². The maximum atomic E-state index is 12.4. The Morgan fingerprint density at radius 1 is 1.09 bits per heavy atom. The summed E-state index contributed by atoms with van der Waals surface area (Å²) in [6, 6.07) is 8.61. The van der Waals surface area contributed by atoms with Crippen LogP contribution >= 0.6 is 43.5 Å². The Labute approximate surface area is 149 Å². The molecule has 0 aliphatic carbocycles. The number of fused-ring (bicyclic) bond motifs is 1. The molecule has 0 aromatic heterocycles. The van der Waals surface area contributed by atoms with Crippen LogP contribution in [0.5, 0.6) is 11.5 Å².